The standard InChI is InChI=1S/C15H20FNOS/c16-13-7-3-4-8-14(13)19-12-9-15(18)17-10-5-1-2-6-11-17/h3-4,7-8H,1-2,5-6,9-12H2. The van der Waals surface area contributed by atoms with Gasteiger partial charge in [-0.05, 0) is 25.0 Å². The molecule has 0 bridgehead atoms. The number of thioether (sulfide) groups is 1. The first-order valence-corrected chi connectivity index (χ1v) is 7.91. The summed E-state index contributed by atoms with van der Waals surface area (Å²) in [6.07, 6.45) is 5.19. The Morgan fingerprint density at radius 3 is 2.53 bits per heavy atom. The third kappa shape index (κ3) is 4.53. The van der Waals surface area contributed by atoms with E-state index in [4.69, 9.17) is 0 Å². The molecule has 104 valence electrons. The first kappa shape index (κ1) is 14.4. The summed E-state index contributed by atoms with van der Waals surface area (Å²) < 4.78 is 13.4. The fourth-order valence-electron chi connectivity index (χ4n) is 2.29. The molecule has 0 aromatic heterocycles. The van der Waals surface area contributed by atoms with Crippen LogP contribution < -0.4 is 0 Å². The predicted molar refractivity (Wildman–Crippen MR) is 76.8 cm³/mol. The Morgan fingerprint density at radius 2 is 1.84 bits per heavy atom. The average Bonchev–Trinajstić information content (AvgIpc) is 2.70. The van der Waals surface area contributed by atoms with Gasteiger partial charge < -0.3 is 4.90 Å². The van der Waals surface area contributed by atoms with E-state index in [9.17, 15) is 9.18 Å². The number of likely N-dealkylation sites (tertiary alicyclic amines) is 1. The summed E-state index contributed by atoms with van der Waals surface area (Å²) in [5.74, 6) is 0.663. The Morgan fingerprint density at radius 1 is 1.16 bits per heavy atom. The first-order valence-electron chi connectivity index (χ1n) is 6.92. The second-order valence-electron chi connectivity index (χ2n) is 4.82. The number of rotatable bonds is 4. The van der Waals surface area contributed by atoms with Crippen LogP contribution in [0.1, 0.15) is 32.1 Å². The molecule has 0 radical (unpaired) electrons. The Bertz CT molecular complexity index is 416. The summed E-state index contributed by atoms with van der Waals surface area (Å²) >= 11 is 1.42. The number of carbonyl (C=O) groups is 1. The Kier molecular flexibility index (Phi) is 5.70. The van der Waals surface area contributed by atoms with Crippen LogP contribution in [-0.4, -0.2) is 29.6 Å². The molecule has 4 heteroatoms. The van der Waals surface area contributed by atoms with Crippen molar-refractivity contribution in [3.63, 3.8) is 0 Å². The van der Waals surface area contributed by atoms with Crippen molar-refractivity contribution in [1.82, 2.24) is 4.90 Å². The summed E-state index contributed by atoms with van der Waals surface area (Å²) in [6.45, 7) is 1.78. The van der Waals surface area contributed by atoms with Crippen molar-refractivity contribution in [2.24, 2.45) is 0 Å². The van der Waals surface area contributed by atoms with E-state index in [0.717, 1.165) is 25.9 Å². The van der Waals surface area contributed by atoms with E-state index < -0.39 is 0 Å². The van der Waals surface area contributed by atoms with E-state index in [1.54, 1.807) is 12.1 Å². The topological polar surface area (TPSA) is 20.3 Å². The predicted octanol–water partition coefficient (Wildman–Crippen LogP) is 3.71. The largest absolute Gasteiger partial charge is 0.343 e. The third-order valence-electron chi connectivity index (χ3n) is 3.37. The van der Waals surface area contributed by atoms with Gasteiger partial charge in [-0.3, -0.25) is 4.79 Å². The van der Waals surface area contributed by atoms with Crippen molar-refractivity contribution in [3.05, 3.63) is 30.1 Å². The maximum absolute atomic E-state index is 13.4. The maximum Gasteiger partial charge on any atom is 0.223 e. The van der Waals surface area contributed by atoms with Crippen molar-refractivity contribution < 1.29 is 9.18 Å². The molecule has 0 atom stereocenters. The normalized spacial score (nSPS) is 16.2. The number of amides is 1. The fraction of sp³-hybridized carbons (Fsp3) is 0.533. The summed E-state index contributed by atoms with van der Waals surface area (Å²) in [5.41, 5.74) is 0. The number of benzene rings is 1. The van der Waals surface area contributed by atoms with E-state index in [2.05, 4.69) is 0 Å². The van der Waals surface area contributed by atoms with Gasteiger partial charge in [0.05, 0.1) is 0 Å². The molecule has 1 saturated heterocycles. The van der Waals surface area contributed by atoms with Crippen LogP contribution in [0.3, 0.4) is 0 Å². The van der Waals surface area contributed by atoms with E-state index in [1.165, 1.54) is 30.7 Å². The highest BCUT2D eigenvalue weighted by atomic mass is 32.2. The molecule has 0 N–H and O–H groups in total. The molecule has 1 fully saturated rings. The molecule has 1 aromatic rings. The van der Waals surface area contributed by atoms with Crippen LogP contribution in [0.15, 0.2) is 29.2 Å². The number of nitrogens with zero attached hydrogens (tertiary/aromatic N) is 1. The van der Waals surface area contributed by atoms with Gasteiger partial charge in [0.15, 0.2) is 0 Å². The number of hydrogen-bond acceptors (Lipinski definition) is 2. The molecule has 1 aliphatic heterocycles. The van der Waals surface area contributed by atoms with Gasteiger partial charge in [0.25, 0.3) is 0 Å². The molecule has 2 nitrogen and oxygen atoms in total. The van der Waals surface area contributed by atoms with Gasteiger partial charge in [0.2, 0.25) is 5.91 Å². The molecule has 2 rings (SSSR count). The van der Waals surface area contributed by atoms with Gasteiger partial charge in [-0.25, -0.2) is 4.39 Å². The average molecular weight is 281 g/mol. The van der Waals surface area contributed by atoms with Crippen LogP contribution in [0.5, 0.6) is 0 Å². The van der Waals surface area contributed by atoms with E-state index >= 15 is 0 Å². The van der Waals surface area contributed by atoms with Crippen molar-refractivity contribution in [2.45, 2.75) is 37.0 Å². The molecule has 0 spiro atoms. The minimum atomic E-state index is -0.199. The smallest absolute Gasteiger partial charge is 0.223 e. The van der Waals surface area contributed by atoms with Crippen LogP contribution in [0.25, 0.3) is 0 Å². The zero-order chi connectivity index (χ0) is 13.5. The van der Waals surface area contributed by atoms with Crippen LogP contribution >= 0.6 is 11.8 Å². The highest BCUT2D eigenvalue weighted by Crippen LogP contribution is 2.22. The van der Waals surface area contributed by atoms with Gasteiger partial charge in [-0.2, -0.15) is 0 Å². The highest BCUT2D eigenvalue weighted by Gasteiger charge is 2.15. The van der Waals surface area contributed by atoms with Gasteiger partial charge in [0.1, 0.15) is 5.82 Å². The SMILES string of the molecule is O=C(CCSc1ccccc1F)N1CCCCCC1. The van der Waals surface area contributed by atoms with Gasteiger partial charge in [-0.1, -0.05) is 25.0 Å². The lowest BCUT2D eigenvalue weighted by Gasteiger charge is -2.20. The van der Waals surface area contributed by atoms with Crippen LogP contribution in [0, 0.1) is 5.82 Å². The van der Waals surface area contributed by atoms with Crippen LogP contribution in [-0.2, 0) is 4.79 Å². The molecule has 1 amide bonds. The third-order valence-corrected chi connectivity index (χ3v) is 4.42. The zero-order valence-corrected chi connectivity index (χ0v) is 11.9. The maximum atomic E-state index is 13.4. The molecule has 1 heterocycles. The van der Waals surface area contributed by atoms with Gasteiger partial charge in [-0.15, -0.1) is 11.8 Å². The molecule has 1 aromatic carbocycles. The zero-order valence-electron chi connectivity index (χ0n) is 11.1. The van der Waals surface area contributed by atoms with Crippen molar-refractivity contribution >= 4 is 17.7 Å². The minimum Gasteiger partial charge on any atom is -0.343 e. The number of hydrogen-bond donors (Lipinski definition) is 0. The Balaban J connectivity index is 1.76. The molecular weight excluding hydrogens is 261 g/mol. The molecule has 19 heavy (non-hydrogen) atoms. The molecular formula is C15H20FNOS. The van der Waals surface area contributed by atoms with Crippen LogP contribution in [0.4, 0.5) is 4.39 Å². The summed E-state index contributed by atoms with van der Waals surface area (Å²) in [5, 5.41) is 0. The van der Waals surface area contributed by atoms with E-state index in [1.807, 2.05) is 11.0 Å². The van der Waals surface area contributed by atoms with E-state index in [0.29, 0.717) is 17.1 Å². The highest BCUT2D eigenvalue weighted by molar-refractivity contribution is 7.99. The lowest BCUT2D eigenvalue weighted by atomic mass is 10.2. The summed E-state index contributed by atoms with van der Waals surface area (Å²) in [4.78, 5) is 14.6. The Labute approximate surface area is 118 Å². The molecule has 0 saturated carbocycles. The number of carbonyl (C=O) groups excluding carboxylic acids is 1. The quantitative estimate of drug-likeness (QED) is 0.784. The lowest BCUT2D eigenvalue weighted by molar-refractivity contribution is -0.130. The minimum absolute atomic E-state index is 0.199. The molecule has 0 unspecified atom stereocenters. The van der Waals surface area contributed by atoms with E-state index in [-0.39, 0.29) is 11.7 Å². The lowest BCUT2D eigenvalue weighted by Crippen LogP contribution is -2.31. The second kappa shape index (κ2) is 7.53. The Hall–Kier alpha value is -1.03. The second-order valence-corrected chi connectivity index (χ2v) is 5.96. The fourth-order valence-corrected chi connectivity index (χ4v) is 3.17. The van der Waals surface area contributed by atoms with Crippen LogP contribution in [0.2, 0.25) is 0 Å². The van der Waals surface area contributed by atoms with Crippen molar-refractivity contribution in [2.75, 3.05) is 18.8 Å². The summed E-state index contributed by atoms with van der Waals surface area (Å²) in [7, 11) is 0. The van der Waals surface area contributed by atoms with Gasteiger partial charge >= 0.3 is 0 Å². The van der Waals surface area contributed by atoms with Crippen molar-refractivity contribution in [3.8, 4) is 0 Å². The molecule has 1 aliphatic rings. The monoisotopic (exact) mass is 281 g/mol. The summed E-state index contributed by atoms with van der Waals surface area (Å²) in [6, 6.07) is 6.72. The first-order chi connectivity index (χ1) is 9.27. The van der Waals surface area contributed by atoms with Gasteiger partial charge in [0, 0.05) is 30.2 Å². The van der Waals surface area contributed by atoms with Crippen molar-refractivity contribution in [1.29, 1.82) is 0 Å². The number of halogens is 1. The molecule has 0 aliphatic carbocycles.